The number of fused-ring (bicyclic) bond motifs is 3. The van der Waals surface area contributed by atoms with Crippen LogP contribution >= 0.6 is 0 Å². The number of benzene rings is 2. The van der Waals surface area contributed by atoms with Crippen molar-refractivity contribution < 1.29 is 29.0 Å². The molecular formula is C34H44N2O6Si. The van der Waals surface area contributed by atoms with Gasteiger partial charge in [-0.15, -0.1) is 0 Å². The molecule has 1 spiro atoms. The molecule has 9 heteroatoms. The zero-order chi connectivity index (χ0) is 31.1. The second-order valence-electron chi connectivity index (χ2n) is 12.8. The molecule has 2 aromatic carbocycles. The third-order valence-corrected chi connectivity index (χ3v) is 11.6. The lowest BCUT2D eigenvalue weighted by Gasteiger charge is -2.33. The average Bonchev–Trinajstić information content (AvgIpc) is 3.37. The van der Waals surface area contributed by atoms with Gasteiger partial charge >= 0.3 is 0 Å². The number of hydrogen-bond donors (Lipinski definition) is 2. The van der Waals surface area contributed by atoms with E-state index in [9.17, 15) is 19.5 Å². The number of allylic oxidation sites excluding steroid dienone is 3. The van der Waals surface area contributed by atoms with Gasteiger partial charge in [0.1, 0.15) is 5.75 Å². The highest BCUT2D eigenvalue weighted by Crippen LogP contribution is 2.60. The molecule has 0 saturated carbocycles. The standard InChI is InChI=1S/C34H44N2O6Si/c1-22(2)10-9-11-23(3)16-18-35-27-15-14-25(36-28-12-7-8-13-29(28)41-21-31(36)38)20-26(27)34(33(35)39)24(4)32(43(5,6)40)30(42-34)17-19-37/h7-8,10,12-16,20,24,30,32,37,40H,9,11,17-19,21H2,1-6H3/b23-16+/t24-,30+,32-,34+/m1/s1. The van der Waals surface area contributed by atoms with Crippen molar-refractivity contribution in [2.75, 3.05) is 29.6 Å². The number of amides is 2. The highest BCUT2D eigenvalue weighted by Gasteiger charge is 2.66. The van der Waals surface area contributed by atoms with Gasteiger partial charge in [0, 0.05) is 35.9 Å². The lowest BCUT2D eigenvalue weighted by molar-refractivity contribution is -0.146. The van der Waals surface area contributed by atoms with Crippen molar-refractivity contribution >= 4 is 37.2 Å². The number of hydrogen-bond acceptors (Lipinski definition) is 6. The molecule has 2 aromatic rings. The number of nitrogens with zero attached hydrogens (tertiary/aromatic N) is 2. The molecule has 2 N–H and O–H groups in total. The van der Waals surface area contributed by atoms with E-state index in [1.165, 1.54) is 11.1 Å². The Bertz CT molecular complexity index is 1460. The van der Waals surface area contributed by atoms with Gasteiger partial charge in [0.05, 0.1) is 17.5 Å². The van der Waals surface area contributed by atoms with Gasteiger partial charge < -0.3 is 24.3 Å². The van der Waals surface area contributed by atoms with Gasteiger partial charge in [-0.1, -0.05) is 42.4 Å². The molecule has 5 rings (SSSR count). The normalized spacial score (nSPS) is 25.2. The van der Waals surface area contributed by atoms with E-state index in [0.717, 1.165) is 18.5 Å². The van der Waals surface area contributed by atoms with Crippen LogP contribution in [-0.4, -0.2) is 55.9 Å². The number of aliphatic hydroxyl groups is 1. The Morgan fingerprint density at radius 1 is 1.09 bits per heavy atom. The van der Waals surface area contributed by atoms with E-state index in [4.69, 9.17) is 9.47 Å². The molecular weight excluding hydrogens is 560 g/mol. The number of carbonyl (C=O) groups excluding carboxylic acids is 2. The summed E-state index contributed by atoms with van der Waals surface area (Å²) in [5.41, 5.74) is 3.56. The van der Waals surface area contributed by atoms with Crippen molar-refractivity contribution in [2.24, 2.45) is 5.92 Å². The van der Waals surface area contributed by atoms with Crippen LogP contribution in [0.1, 0.15) is 52.5 Å². The fourth-order valence-electron chi connectivity index (χ4n) is 7.11. The van der Waals surface area contributed by atoms with Crippen LogP contribution in [-0.2, 0) is 19.9 Å². The molecule has 1 saturated heterocycles. The van der Waals surface area contributed by atoms with E-state index in [0.29, 0.717) is 35.7 Å². The second-order valence-corrected chi connectivity index (χ2v) is 16.8. The van der Waals surface area contributed by atoms with Crippen molar-refractivity contribution in [3.63, 3.8) is 0 Å². The molecule has 1 fully saturated rings. The van der Waals surface area contributed by atoms with Gasteiger partial charge in [0.2, 0.25) is 0 Å². The summed E-state index contributed by atoms with van der Waals surface area (Å²) < 4.78 is 12.5. The SMILES string of the molecule is CC(C)=CCC/C(C)=C/CN1C(=O)[C@@]2(O[C@@H](CCO)[C@H]([Si](C)(C)O)[C@H]2C)c2cc(N3C(=O)COc4ccccc43)ccc21. The fraction of sp³-hybridized carbons (Fsp3) is 0.471. The molecule has 8 nitrogen and oxygen atoms in total. The van der Waals surface area contributed by atoms with E-state index in [1.54, 1.807) is 9.80 Å². The maximum Gasteiger partial charge on any atom is 0.269 e. The number of carbonyl (C=O) groups is 2. The largest absolute Gasteiger partial charge is 0.482 e. The van der Waals surface area contributed by atoms with Crippen LogP contribution in [0.25, 0.3) is 0 Å². The van der Waals surface area contributed by atoms with Gasteiger partial charge in [-0.25, -0.2) is 0 Å². The molecule has 0 radical (unpaired) electrons. The van der Waals surface area contributed by atoms with Crippen molar-refractivity contribution in [3.05, 3.63) is 71.3 Å². The van der Waals surface area contributed by atoms with Crippen LogP contribution in [0.2, 0.25) is 18.6 Å². The first-order chi connectivity index (χ1) is 20.4. The van der Waals surface area contributed by atoms with Gasteiger partial charge in [0.15, 0.2) is 20.5 Å². The summed E-state index contributed by atoms with van der Waals surface area (Å²) in [6.07, 6.45) is 6.01. The van der Waals surface area contributed by atoms with E-state index in [-0.39, 0.29) is 36.5 Å². The number of para-hydroxylation sites is 2. The summed E-state index contributed by atoms with van der Waals surface area (Å²) in [5, 5.41) is 9.92. The Hall–Kier alpha value is -3.24. The van der Waals surface area contributed by atoms with Gasteiger partial charge in [-0.3, -0.25) is 14.5 Å². The Kier molecular flexibility index (Phi) is 8.73. The highest BCUT2D eigenvalue weighted by molar-refractivity contribution is 6.71. The van der Waals surface area contributed by atoms with Crippen molar-refractivity contribution in [3.8, 4) is 5.75 Å². The zero-order valence-corrected chi connectivity index (χ0v) is 27.1. The highest BCUT2D eigenvalue weighted by atomic mass is 28.4. The molecule has 0 aliphatic carbocycles. The van der Waals surface area contributed by atoms with Gasteiger partial charge in [-0.05, 0) is 83.5 Å². The molecule has 43 heavy (non-hydrogen) atoms. The topological polar surface area (TPSA) is 99.5 Å². The first kappa shape index (κ1) is 31.2. The minimum absolute atomic E-state index is 0.0844. The van der Waals surface area contributed by atoms with Crippen LogP contribution in [0.3, 0.4) is 0 Å². The van der Waals surface area contributed by atoms with Gasteiger partial charge in [-0.2, -0.15) is 0 Å². The molecule has 3 aliphatic rings. The lowest BCUT2D eigenvalue weighted by atomic mass is 9.82. The summed E-state index contributed by atoms with van der Waals surface area (Å²) in [6, 6.07) is 13.1. The minimum atomic E-state index is -2.82. The molecule has 3 heterocycles. The second kappa shape index (κ2) is 12.0. The van der Waals surface area contributed by atoms with E-state index in [1.807, 2.05) is 62.5 Å². The molecule has 0 unspecified atom stereocenters. The maximum absolute atomic E-state index is 14.6. The fourth-order valence-corrected chi connectivity index (χ4v) is 9.71. The summed E-state index contributed by atoms with van der Waals surface area (Å²) >= 11 is 0. The van der Waals surface area contributed by atoms with Crippen LogP contribution in [0.15, 0.2) is 65.8 Å². The predicted octanol–water partition coefficient (Wildman–Crippen LogP) is 5.96. The summed E-state index contributed by atoms with van der Waals surface area (Å²) in [4.78, 5) is 42.6. The maximum atomic E-state index is 14.6. The summed E-state index contributed by atoms with van der Waals surface area (Å²) in [5.74, 6) is -0.106. The molecule has 0 bridgehead atoms. The molecule has 0 aromatic heterocycles. The minimum Gasteiger partial charge on any atom is -0.482 e. The predicted molar refractivity (Wildman–Crippen MR) is 171 cm³/mol. The van der Waals surface area contributed by atoms with Crippen LogP contribution in [0.4, 0.5) is 17.1 Å². The quantitative estimate of drug-likeness (QED) is 0.271. The molecule has 230 valence electrons. The van der Waals surface area contributed by atoms with Crippen LogP contribution in [0, 0.1) is 5.92 Å². The van der Waals surface area contributed by atoms with E-state index >= 15 is 0 Å². The van der Waals surface area contributed by atoms with Crippen molar-refractivity contribution in [1.29, 1.82) is 0 Å². The van der Waals surface area contributed by atoms with Gasteiger partial charge in [0.25, 0.3) is 11.8 Å². The first-order valence-electron chi connectivity index (χ1n) is 15.2. The smallest absolute Gasteiger partial charge is 0.269 e. The number of aliphatic hydroxyl groups excluding tert-OH is 1. The Balaban J connectivity index is 1.61. The third-order valence-electron chi connectivity index (χ3n) is 9.06. The zero-order valence-electron chi connectivity index (χ0n) is 26.1. The summed E-state index contributed by atoms with van der Waals surface area (Å²) in [6.45, 7) is 12.2. The van der Waals surface area contributed by atoms with Crippen LogP contribution < -0.4 is 14.5 Å². The van der Waals surface area contributed by atoms with E-state index < -0.39 is 20.0 Å². The first-order valence-corrected chi connectivity index (χ1v) is 18.2. The number of ether oxygens (including phenoxy) is 2. The van der Waals surface area contributed by atoms with E-state index in [2.05, 4.69) is 32.9 Å². The Labute approximate surface area is 255 Å². The van der Waals surface area contributed by atoms with Crippen molar-refractivity contribution in [2.45, 2.75) is 77.3 Å². The third kappa shape index (κ3) is 5.59. The average molecular weight is 605 g/mol. The molecule has 4 atom stereocenters. The van der Waals surface area contributed by atoms with Crippen LogP contribution in [0.5, 0.6) is 5.75 Å². The monoisotopic (exact) mass is 604 g/mol. The lowest BCUT2D eigenvalue weighted by Crippen LogP contribution is -2.46. The Morgan fingerprint density at radius 3 is 2.53 bits per heavy atom. The number of anilines is 3. The summed E-state index contributed by atoms with van der Waals surface area (Å²) in [7, 11) is -2.82. The number of rotatable bonds is 9. The molecule has 2 amide bonds. The van der Waals surface area contributed by atoms with Crippen molar-refractivity contribution in [1.82, 2.24) is 0 Å². The Morgan fingerprint density at radius 2 is 1.84 bits per heavy atom. The molecule has 3 aliphatic heterocycles.